The van der Waals surface area contributed by atoms with Crippen molar-refractivity contribution in [2.45, 2.75) is 25.8 Å². The summed E-state index contributed by atoms with van der Waals surface area (Å²) in [5.74, 6) is -0.291. The molecule has 0 radical (unpaired) electrons. The van der Waals surface area contributed by atoms with Crippen molar-refractivity contribution in [3.05, 3.63) is 50.6 Å². The summed E-state index contributed by atoms with van der Waals surface area (Å²) in [4.78, 5) is 30.8. The zero-order valence-electron chi connectivity index (χ0n) is 12.7. The Labute approximate surface area is 145 Å². The fraction of sp³-hybridized carbons (Fsp3) is 0.250. The van der Waals surface area contributed by atoms with Gasteiger partial charge in [0, 0.05) is 10.9 Å². The molecule has 0 unspecified atom stereocenters. The second-order valence-corrected chi connectivity index (χ2v) is 7.51. The van der Waals surface area contributed by atoms with Gasteiger partial charge in [-0.15, -0.1) is 22.7 Å². The fourth-order valence-electron chi connectivity index (χ4n) is 2.66. The molecule has 0 saturated heterocycles. The highest BCUT2D eigenvalue weighted by atomic mass is 32.1. The molecule has 0 aliphatic heterocycles. The smallest absolute Gasteiger partial charge is 0.267 e. The van der Waals surface area contributed by atoms with E-state index in [1.807, 2.05) is 17.5 Å². The van der Waals surface area contributed by atoms with E-state index in [2.05, 4.69) is 15.4 Å². The monoisotopic (exact) mass is 358 g/mol. The SMILES string of the molecule is O=C(Cn1nc(-c2cccs2)ccc1=O)Nc1nc2c(s1)CCC2. The summed E-state index contributed by atoms with van der Waals surface area (Å²) >= 11 is 3.06. The van der Waals surface area contributed by atoms with E-state index in [1.54, 1.807) is 6.07 Å². The van der Waals surface area contributed by atoms with Crippen molar-refractivity contribution in [2.24, 2.45) is 0 Å². The van der Waals surface area contributed by atoms with Crippen LogP contribution in [-0.2, 0) is 24.2 Å². The Balaban J connectivity index is 1.50. The lowest BCUT2D eigenvalue weighted by Gasteiger charge is -2.06. The molecule has 8 heteroatoms. The van der Waals surface area contributed by atoms with Gasteiger partial charge in [0.2, 0.25) is 5.91 Å². The molecule has 0 fully saturated rings. The molecule has 1 aliphatic carbocycles. The number of thiazole rings is 1. The molecule has 3 aromatic heterocycles. The number of hydrogen-bond donors (Lipinski definition) is 1. The van der Waals surface area contributed by atoms with Crippen LogP contribution in [0.5, 0.6) is 0 Å². The number of amides is 1. The van der Waals surface area contributed by atoms with Crippen LogP contribution >= 0.6 is 22.7 Å². The summed E-state index contributed by atoms with van der Waals surface area (Å²) in [5.41, 5.74) is 1.47. The number of fused-ring (bicyclic) bond motifs is 1. The Morgan fingerprint density at radius 3 is 3.00 bits per heavy atom. The first kappa shape index (κ1) is 15.2. The number of anilines is 1. The maximum atomic E-state index is 12.2. The summed E-state index contributed by atoms with van der Waals surface area (Å²) in [6.07, 6.45) is 3.15. The summed E-state index contributed by atoms with van der Waals surface area (Å²) in [6.45, 7) is -0.123. The number of carbonyl (C=O) groups excluding carboxylic acids is 1. The van der Waals surface area contributed by atoms with Crippen LogP contribution in [0, 0.1) is 0 Å². The highest BCUT2D eigenvalue weighted by Gasteiger charge is 2.18. The molecule has 0 saturated carbocycles. The molecule has 1 amide bonds. The molecule has 1 N–H and O–H groups in total. The second kappa shape index (κ2) is 6.29. The molecule has 24 heavy (non-hydrogen) atoms. The van der Waals surface area contributed by atoms with Crippen molar-refractivity contribution in [1.29, 1.82) is 0 Å². The summed E-state index contributed by atoms with van der Waals surface area (Å²) in [5, 5.41) is 9.60. The van der Waals surface area contributed by atoms with Gasteiger partial charge in [-0.25, -0.2) is 9.67 Å². The lowest BCUT2D eigenvalue weighted by atomic mass is 10.3. The lowest BCUT2D eigenvalue weighted by Crippen LogP contribution is -2.29. The summed E-state index contributed by atoms with van der Waals surface area (Å²) in [7, 11) is 0. The maximum Gasteiger partial charge on any atom is 0.267 e. The summed E-state index contributed by atoms with van der Waals surface area (Å²) in [6, 6.07) is 6.96. The number of aryl methyl sites for hydroxylation is 2. The van der Waals surface area contributed by atoms with E-state index in [0.717, 1.165) is 29.8 Å². The van der Waals surface area contributed by atoms with Gasteiger partial charge in [0.05, 0.1) is 10.6 Å². The number of carbonyl (C=O) groups is 1. The van der Waals surface area contributed by atoms with E-state index in [-0.39, 0.29) is 18.0 Å². The molecule has 3 heterocycles. The molecule has 6 nitrogen and oxygen atoms in total. The highest BCUT2D eigenvalue weighted by molar-refractivity contribution is 7.16. The van der Waals surface area contributed by atoms with Crippen molar-refractivity contribution in [1.82, 2.24) is 14.8 Å². The molecule has 3 aromatic rings. The third-order valence-electron chi connectivity index (χ3n) is 3.78. The highest BCUT2D eigenvalue weighted by Crippen LogP contribution is 2.30. The van der Waals surface area contributed by atoms with Crippen molar-refractivity contribution in [2.75, 3.05) is 5.32 Å². The predicted octanol–water partition coefficient (Wildman–Crippen LogP) is 2.56. The second-order valence-electron chi connectivity index (χ2n) is 5.48. The Hall–Kier alpha value is -2.32. The quantitative estimate of drug-likeness (QED) is 0.778. The first-order valence-corrected chi connectivity index (χ1v) is 9.29. The first-order valence-electron chi connectivity index (χ1n) is 7.59. The van der Waals surface area contributed by atoms with Crippen LogP contribution in [0.2, 0.25) is 0 Å². The van der Waals surface area contributed by atoms with E-state index < -0.39 is 0 Å². The number of hydrogen-bond acceptors (Lipinski definition) is 6. The van der Waals surface area contributed by atoms with E-state index in [0.29, 0.717) is 10.8 Å². The Morgan fingerprint density at radius 1 is 1.29 bits per heavy atom. The predicted molar refractivity (Wildman–Crippen MR) is 94.6 cm³/mol. The maximum absolute atomic E-state index is 12.2. The van der Waals surface area contributed by atoms with Gasteiger partial charge in [-0.2, -0.15) is 5.10 Å². The molecule has 0 bridgehead atoms. The average molecular weight is 358 g/mol. The number of aromatic nitrogens is 3. The van der Waals surface area contributed by atoms with Crippen molar-refractivity contribution >= 4 is 33.7 Å². The van der Waals surface area contributed by atoms with Crippen molar-refractivity contribution < 1.29 is 4.79 Å². The third-order valence-corrected chi connectivity index (χ3v) is 5.74. The zero-order chi connectivity index (χ0) is 16.5. The average Bonchev–Trinajstić information content (AvgIpc) is 3.25. The van der Waals surface area contributed by atoms with Crippen LogP contribution < -0.4 is 10.9 Å². The van der Waals surface area contributed by atoms with Gasteiger partial charge in [0.15, 0.2) is 5.13 Å². The minimum absolute atomic E-state index is 0.123. The van der Waals surface area contributed by atoms with E-state index in [1.165, 1.54) is 38.3 Å². The van der Waals surface area contributed by atoms with Gasteiger partial charge < -0.3 is 5.32 Å². The van der Waals surface area contributed by atoms with Crippen LogP contribution in [0.4, 0.5) is 5.13 Å². The molecular weight excluding hydrogens is 344 g/mol. The molecular formula is C16H14N4O2S2. The topological polar surface area (TPSA) is 76.9 Å². The Morgan fingerprint density at radius 2 is 2.21 bits per heavy atom. The summed E-state index contributed by atoms with van der Waals surface area (Å²) < 4.78 is 1.19. The first-order chi connectivity index (χ1) is 11.7. The number of nitrogens with zero attached hydrogens (tertiary/aromatic N) is 3. The molecule has 4 rings (SSSR count). The van der Waals surface area contributed by atoms with Gasteiger partial charge in [0.25, 0.3) is 5.56 Å². The molecule has 0 atom stereocenters. The lowest BCUT2D eigenvalue weighted by molar-refractivity contribution is -0.117. The fourth-order valence-corrected chi connectivity index (χ4v) is 4.41. The van der Waals surface area contributed by atoms with Gasteiger partial charge >= 0.3 is 0 Å². The van der Waals surface area contributed by atoms with E-state index in [4.69, 9.17) is 0 Å². The number of rotatable bonds is 4. The van der Waals surface area contributed by atoms with Crippen LogP contribution in [0.25, 0.3) is 10.6 Å². The van der Waals surface area contributed by atoms with Gasteiger partial charge in [-0.1, -0.05) is 6.07 Å². The minimum atomic E-state index is -0.299. The third kappa shape index (κ3) is 3.02. The number of nitrogens with one attached hydrogen (secondary N) is 1. The minimum Gasteiger partial charge on any atom is -0.300 e. The van der Waals surface area contributed by atoms with E-state index >= 15 is 0 Å². The molecule has 0 aromatic carbocycles. The zero-order valence-corrected chi connectivity index (χ0v) is 14.3. The van der Waals surface area contributed by atoms with Crippen molar-refractivity contribution in [3.63, 3.8) is 0 Å². The Kier molecular flexibility index (Phi) is 3.99. The molecule has 1 aliphatic rings. The molecule has 122 valence electrons. The van der Waals surface area contributed by atoms with Crippen LogP contribution in [0.15, 0.2) is 34.4 Å². The van der Waals surface area contributed by atoms with E-state index in [9.17, 15) is 9.59 Å². The van der Waals surface area contributed by atoms with Crippen LogP contribution in [0.3, 0.4) is 0 Å². The van der Waals surface area contributed by atoms with Crippen LogP contribution in [0.1, 0.15) is 17.0 Å². The van der Waals surface area contributed by atoms with Gasteiger partial charge in [0.1, 0.15) is 12.2 Å². The largest absolute Gasteiger partial charge is 0.300 e. The van der Waals surface area contributed by atoms with Gasteiger partial charge in [-0.05, 0) is 36.8 Å². The standard InChI is InChI=1S/C16H14N4O2S2/c21-14(18-16-17-10-3-1-4-13(10)24-16)9-20-15(22)7-6-11(19-20)12-5-2-8-23-12/h2,5-8H,1,3-4,9H2,(H,17,18,21). The molecule has 0 spiro atoms. The van der Waals surface area contributed by atoms with Crippen molar-refractivity contribution in [3.8, 4) is 10.6 Å². The Bertz CT molecular complexity index is 922. The number of thiophene rings is 1. The van der Waals surface area contributed by atoms with Gasteiger partial charge in [-0.3, -0.25) is 9.59 Å². The normalized spacial score (nSPS) is 13.0. The van der Waals surface area contributed by atoms with Crippen LogP contribution in [-0.4, -0.2) is 20.7 Å².